The molecular weight excluding hydrogens is 244 g/mol. The highest BCUT2D eigenvalue weighted by Crippen LogP contribution is 2.12. The number of aliphatic hydroxyl groups is 1. The smallest absolute Gasteiger partial charge is 0.273 e. The Morgan fingerprint density at radius 1 is 1.16 bits per heavy atom. The zero-order valence-corrected chi connectivity index (χ0v) is 10.2. The van der Waals surface area contributed by atoms with E-state index in [1.54, 1.807) is 18.2 Å². The zero-order chi connectivity index (χ0) is 13.7. The molecule has 5 nitrogen and oxygen atoms in total. The average molecular weight is 258 g/mol. The molecule has 0 radical (unpaired) electrons. The summed E-state index contributed by atoms with van der Waals surface area (Å²) in [7, 11) is 0. The molecule has 1 heterocycles. The standard InChI is InChI=1S/C14H14N2O3/c17-9-11-5-3-10(4-6-11)8-16-14(19)13-12(18)2-1-7-15-13/h1-7,17-18H,8-9H2,(H,16,19). The highest BCUT2D eigenvalue weighted by molar-refractivity contribution is 5.94. The van der Waals surface area contributed by atoms with E-state index in [1.165, 1.54) is 12.3 Å². The number of aliphatic hydroxyl groups excluding tert-OH is 1. The fourth-order valence-corrected chi connectivity index (χ4v) is 1.60. The van der Waals surface area contributed by atoms with Crippen LogP contribution < -0.4 is 5.32 Å². The van der Waals surface area contributed by atoms with Crippen molar-refractivity contribution in [3.63, 3.8) is 0 Å². The predicted octanol–water partition coefficient (Wildman–Crippen LogP) is 1.21. The van der Waals surface area contributed by atoms with Gasteiger partial charge in [0.15, 0.2) is 5.69 Å². The molecule has 19 heavy (non-hydrogen) atoms. The van der Waals surface area contributed by atoms with Gasteiger partial charge in [0, 0.05) is 12.7 Å². The number of pyridine rings is 1. The number of aromatic hydroxyl groups is 1. The Morgan fingerprint density at radius 3 is 2.47 bits per heavy atom. The van der Waals surface area contributed by atoms with Gasteiger partial charge in [-0.05, 0) is 23.3 Å². The molecule has 0 aliphatic heterocycles. The second kappa shape index (κ2) is 5.97. The van der Waals surface area contributed by atoms with Gasteiger partial charge >= 0.3 is 0 Å². The first-order valence-electron chi connectivity index (χ1n) is 5.81. The first-order valence-corrected chi connectivity index (χ1v) is 5.81. The van der Waals surface area contributed by atoms with E-state index < -0.39 is 5.91 Å². The largest absolute Gasteiger partial charge is 0.505 e. The lowest BCUT2D eigenvalue weighted by atomic mass is 10.1. The third-order valence-electron chi connectivity index (χ3n) is 2.66. The molecule has 0 saturated carbocycles. The van der Waals surface area contributed by atoms with Crippen LogP contribution in [0.15, 0.2) is 42.6 Å². The summed E-state index contributed by atoms with van der Waals surface area (Å²) >= 11 is 0. The Hall–Kier alpha value is -2.40. The number of nitrogens with one attached hydrogen (secondary N) is 1. The minimum atomic E-state index is -0.427. The maximum absolute atomic E-state index is 11.8. The van der Waals surface area contributed by atoms with Gasteiger partial charge in [-0.15, -0.1) is 0 Å². The average Bonchev–Trinajstić information content (AvgIpc) is 2.46. The zero-order valence-electron chi connectivity index (χ0n) is 10.2. The van der Waals surface area contributed by atoms with Crippen molar-refractivity contribution in [3.8, 4) is 5.75 Å². The Balaban J connectivity index is 1.98. The summed E-state index contributed by atoms with van der Waals surface area (Å²) in [4.78, 5) is 15.6. The minimum absolute atomic E-state index is 0.00551. The van der Waals surface area contributed by atoms with Gasteiger partial charge in [-0.3, -0.25) is 4.79 Å². The highest BCUT2D eigenvalue weighted by Gasteiger charge is 2.11. The molecule has 0 bridgehead atoms. The second-order valence-electron chi connectivity index (χ2n) is 4.03. The number of amides is 1. The van der Waals surface area contributed by atoms with Crippen molar-refractivity contribution >= 4 is 5.91 Å². The second-order valence-corrected chi connectivity index (χ2v) is 4.03. The number of carbonyl (C=O) groups excluding carboxylic acids is 1. The van der Waals surface area contributed by atoms with E-state index in [0.717, 1.165) is 11.1 Å². The van der Waals surface area contributed by atoms with Crippen LogP contribution in [0.3, 0.4) is 0 Å². The van der Waals surface area contributed by atoms with Gasteiger partial charge in [-0.2, -0.15) is 0 Å². The molecule has 0 fully saturated rings. The van der Waals surface area contributed by atoms with Crippen LogP contribution in [0.2, 0.25) is 0 Å². The highest BCUT2D eigenvalue weighted by atomic mass is 16.3. The number of hydrogen-bond donors (Lipinski definition) is 3. The Kier molecular flexibility index (Phi) is 4.10. The lowest BCUT2D eigenvalue weighted by molar-refractivity contribution is 0.0943. The van der Waals surface area contributed by atoms with Crippen LogP contribution in [-0.4, -0.2) is 21.1 Å². The van der Waals surface area contributed by atoms with Gasteiger partial charge in [0.1, 0.15) is 5.75 Å². The number of carbonyl (C=O) groups is 1. The van der Waals surface area contributed by atoms with Crippen molar-refractivity contribution in [3.05, 3.63) is 59.4 Å². The molecule has 0 spiro atoms. The summed E-state index contributed by atoms with van der Waals surface area (Å²) in [5.74, 6) is -0.569. The van der Waals surface area contributed by atoms with Crippen LogP contribution in [0, 0.1) is 0 Å². The molecule has 2 rings (SSSR count). The van der Waals surface area contributed by atoms with Crippen LogP contribution in [0.1, 0.15) is 21.6 Å². The van der Waals surface area contributed by atoms with Crippen molar-refractivity contribution < 1.29 is 15.0 Å². The van der Waals surface area contributed by atoms with Gasteiger partial charge in [0.25, 0.3) is 5.91 Å². The Bertz CT molecular complexity index is 567. The predicted molar refractivity (Wildman–Crippen MR) is 69.4 cm³/mol. The van der Waals surface area contributed by atoms with Crippen LogP contribution in [0.5, 0.6) is 5.75 Å². The van der Waals surface area contributed by atoms with Crippen molar-refractivity contribution in [2.75, 3.05) is 0 Å². The van der Waals surface area contributed by atoms with Crippen molar-refractivity contribution in [2.45, 2.75) is 13.2 Å². The first kappa shape index (κ1) is 13.0. The molecule has 3 N–H and O–H groups in total. The molecule has 0 atom stereocenters. The molecule has 5 heteroatoms. The number of aromatic nitrogens is 1. The van der Waals surface area contributed by atoms with Gasteiger partial charge in [-0.1, -0.05) is 24.3 Å². The fraction of sp³-hybridized carbons (Fsp3) is 0.143. The molecule has 0 aliphatic carbocycles. The quantitative estimate of drug-likeness (QED) is 0.769. The van der Waals surface area contributed by atoms with Gasteiger partial charge < -0.3 is 15.5 Å². The summed E-state index contributed by atoms with van der Waals surface area (Å²) in [6, 6.07) is 10.2. The summed E-state index contributed by atoms with van der Waals surface area (Å²) in [5, 5.41) is 21.1. The van der Waals surface area contributed by atoms with Gasteiger partial charge in [-0.25, -0.2) is 4.98 Å². The van der Waals surface area contributed by atoms with Crippen LogP contribution in [0.25, 0.3) is 0 Å². The first-order chi connectivity index (χ1) is 9.20. The molecule has 1 aromatic heterocycles. The number of hydrogen-bond acceptors (Lipinski definition) is 4. The molecule has 98 valence electrons. The minimum Gasteiger partial charge on any atom is -0.505 e. The van der Waals surface area contributed by atoms with E-state index in [4.69, 9.17) is 5.11 Å². The summed E-state index contributed by atoms with van der Waals surface area (Å²) < 4.78 is 0. The normalized spacial score (nSPS) is 10.2. The maximum Gasteiger partial charge on any atom is 0.273 e. The summed E-state index contributed by atoms with van der Waals surface area (Å²) in [5.41, 5.74) is 1.73. The van der Waals surface area contributed by atoms with E-state index in [9.17, 15) is 9.90 Å². The van der Waals surface area contributed by atoms with Gasteiger partial charge in [0.2, 0.25) is 0 Å². The van der Waals surface area contributed by atoms with Crippen molar-refractivity contribution in [2.24, 2.45) is 0 Å². The Morgan fingerprint density at radius 2 is 1.84 bits per heavy atom. The molecule has 0 saturated heterocycles. The maximum atomic E-state index is 11.8. The van der Waals surface area contributed by atoms with Crippen LogP contribution in [0.4, 0.5) is 0 Å². The lowest BCUT2D eigenvalue weighted by Gasteiger charge is -2.06. The number of benzene rings is 1. The van der Waals surface area contributed by atoms with Crippen LogP contribution >= 0.6 is 0 Å². The third kappa shape index (κ3) is 3.29. The van der Waals surface area contributed by atoms with Crippen LogP contribution in [-0.2, 0) is 13.2 Å². The molecule has 1 amide bonds. The molecule has 2 aromatic rings. The Labute approximate surface area is 110 Å². The van der Waals surface area contributed by atoms with E-state index in [0.29, 0.717) is 6.54 Å². The SMILES string of the molecule is O=C(NCc1ccc(CO)cc1)c1ncccc1O. The topological polar surface area (TPSA) is 82.5 Å². The van der Waals surface area contributed by atoms with E-state index in [2.05, 4.69) is 10.3 Å². The molecule has 0 unspecified atom stereocenters. The number of rotatable bonds is 4. The van der Waals surface area contributed by atoms with E-state index in [-0.39, 0.29) is 18.1 Å². The fourth-order valence-electron chi connectivity index (χ4n) is 1.60. The monoisotopic (exact) mass is 258 g/mol. The van der Waals surface area contributed by atoms with Crippen molar-refractivity contribution in [1.29, 1.82) is 0 Å². The van der Waals surface area contributed by atoms with E-state index in [1.807, 2.05) is 12.1 Å². The summed E-state index contributed by atoms with van der Waals surface area (Å²) in [6.07, 6.45) is 1.45. The van der Waals surface area contributed by atoms with Crippen molar-refractivity contribution in [1.82, 2.24) is 10.3 Å². The summed E-state index contributed by atoms with van der Waals surface area (Å²) in [6.45, 7) is 0.328. The molecule has 1 aromatic carbocycles. The third-order valence-corrected chi connectivity index (χ3v) is 2.66. The van der Waals surface area contributed by atoms with Gasteiger partial charge in [0.05, 0.1) is 6.61 Å². The van der Waals surface area contributed by atoms with E-state index >= 15 is 0 Å². The number of nitrogens with zero attached hydrogens (tertiary/aromatic N) is 1. The lowest BCUT2D eigenvalue weighted by Crippen LogP contribution is -2.23. The molecule has 0 aliphatic rings. The molecular formula is C14H14N2O3.